The molecular weight excluding hydrogens is 442 g/mol. The normalized spacial score (nSPS) is 13.8. The van der Waals surface area contributed by atoms with Gasteiger partial charge in [-0.15, -0.1) is 0 Å². The molecule has 0 spiro atoms. The monoisotopic (exact) mass is 465 g/mol. The van der Waals surface area contributed by atoms with E-state index in [4.69, 9.17) is 4.74 Å². The van der Waals surface area contributed by atoms with Gasteiger partial charge in [-0.2, -0.15) is 10.2 Å². The second kappa shape index (κ2) is 9.03. The number of benzene rings is 3. The van der Waals surface area contributed by atoms with Crippen molar-refractivity contribution in [2.24, 2.45) is 0 Å². The highest BCUT2D eigenvalue weighted by Crippen LogP contribution is 2.25. The molecule has 2 N–H and O–H groups in total. The fourth-order valence-corrected chi connectivity index (χ4v) is 4.28. The highest BCUT2D eigenvalue weighted by atomic mass is 16.5. The van der Waals surface area contributed by atoms with E-state index in [0.29, 0.717) is 11.4 Å². The molecule has 2 aromatic heterocycles. The number of morpholine rings is 1. The van der Waals surface area contributed by atoms with Crippen LogP contribution in [-0.4, -0.2) is 57.2 Å². The summed E-state index contributed by atoms with van der Waals surface area (Å²) in [6.07, 6.45) is 3.29. The van der Waals surface area contributed by atoms with Gasteiger partial charge in [0, 0.05) is 41.0 Å². The third-order valence-electron chi connectivity index (χ3n) is 6.11. The summed E-state index contributed by atoms with van der Waals surface area (Å²) in [5.74, 6) is 0.511. The van der Waals surface area contributed by atoms with E-state index in [9.17, 15) is 4.79 Å². The van der Waals surface area contributed by atoms with Crippen molar-refractivity contribution in [3.05, 3.63) is 84.8 Å². The molecule has 0 atom stereocenters. The topological polar surface area (TPSA) is 101 Å². The van der Waals surface area contributed by atoms with Crippen molar-refractivity contribution in [2.75, 3.05) is 36.5 Å². The molecule has 3 heterocycles. The fourth-order valence-electron chi connectivity index (χ4n) is 4.28. The predicted molar refractivity (Wildman–Crippen MR) is 134 cm³/mol. The highest BCUT2D eigenvalue weighted by Gasteiger charge is 2.13. The molecular formula is C26H23N7O2. The van der Waals surface area contributed by atoms with E-state index in [2.05, 4.69) is 30.5 Å². The van der Waals surface area contributed by atoms with Crippen LogP contribution >= 0.6 is 0 Å². The van der Waals surface area contributed by atoms with Gasteiger partial charge in [0.2, 0.25) is 0 Å². The maximum absolute atomic E-state index is 13.0. The average Bonchev–Trinajstić information content (AvgIpc) is 3.60. The summed E-state index contributed by atoms with van der Waals surface area (Å²) < 4.78 is 7.24. The van der Waals surface area contributed by atoms with Crippen LogP contribution in [0.25, 0.3) is 28.0 Å². The molecule has 1 aliphatic rings. The first-order valence-electron chi connectivity index (χ1n) is 11.4. The van der Waals surface area contributed by atoms with Gasteiger partial charge in [0.15, 0.2) is 5.82 Å². The van der Waals surface area contributed by atoms with Crippen LogP contribution in [0.15, 0.2) is 79.3 Å². The summed E-state index contributed by atoms with van der Waals surface area (Å²) in [6, 6.07) is 21.3. The number of carbonyl (C=O) groups excluding carboxylic acids is 1. The molecule has 174 valence electrons. The van der Waals surface area contributed by atoms with E-state index in [-0.39, 0.29) is 5.91 Å². The number of amides is 1. The van der Waals surface area contributed by atoms with Crippen molar-refractivity contribution >= 4 is 28.2 Å². The van der Waals surface area contributed by atoms with Crippen molar-refractivity contribution in [1.29, 1.82) is 0 Å². The second-order valence-electron chi connectivity index (χ2n) is 8.31. The molecule has 0 radical (unpaired) electrons. The summed E-state index contributed by atoms with van der Waals surface area (Å²) in [5.41, 5.74) is 5.04. The zero-order chi connectivity index (χ0) is 23.6. The molecule has 0 unspecified atom stereocenters. The highest BCUT2D eigenvalue weighted by molar-refractivity contribution is 6.04. The van der Waals surface area contributed by atoms with Crippen molar-refractivity contribution in [2.45, 2.75) is 0 Å². The number of aromatic nitrogens is 5. The molecule has 6 rings (SSSR count). The number of rotatable bonds is 5. The third-order valence-corrected chi connectivity index (χ3v) is 6.11. The van der Waals surface area contributed by atoms with Gasteiger partial charge in [0.1, 0.15) is 6.33 Å². The van der Waals surface area contributed by atoms with Crippen LogP contribution in [0, 0.1) is 0 Å². The van der Waals surface area contributed by atoms with Gasteiger partial charge in [0.05, 0.1) is 30.6 Å². The number of anilines is 2. The van der Waals surface area contributed by atoms with E-state index in [1.807, 2.05) is 71.5 Å². The van der Waals surface area contributed by atoms with Gasteiger partial charge < -0.3 is 15.0 Å². The van der Waals surface area contributed by atoms with Gasteiger partial charge in [-0.3, -0.25) is 9.89 Å². The second-order valence-corrected chi connectivity index (χ2v) is 8.31. The summed E-state index contributed by atoms with van der Waals surface area (Å²) in [6.45, 7) is 3.23. The largest absolute Gasteiger partial charge is 0.378 e. The number of nitrogens with zero attached hydrogens (tertiary/aromatic N) is 5. The third kappa shape index (κ3) is 4.24. The van der Waals surface area contributed by atoms with Crippen LogP contribution in [0.3, 0.4) is 0 Å². The zero-order valence-electron chi connectivity index (χ0n) is 18.9. The van der Waals surface area contributed by atoms with Gasteiger partial charge in [-0.05, 0) is 48.5 Å². The minimum Gasteiger partial charge on any atom is -0.378 e. The first kappa shape index (κ1) is 21.1. The Kier molecular flexibility index (Phi) is 5.44. The van der Waals surface area contributed by atoms with E-state index < -0.39 is 0 Å². The minimum atomic E-state index is -0.176. The van der Waals surface area contributed by atoms with Crippen LogP contribution in [0.2, 0.25) is 0 Å². The van der Waals surface area contributed by atoms with Gasteiger partial charge >= 0.3 is 0 Å². The summed E-state index contributed by atoms with van der Waals surface area (Å²) >= 11 is 0. The SMILES string of the molecule is O=C(Nc1ccc(N2CCOCC2)cc1)c1cccc(-n2ncc3ccc(-c4ncn[nH]4)cc32)c1. The number of aromatic amines is 1. The predicted octanol–water partition coefficient (Wildman–Crippen LogP) is 3.90. The molecule has 3 aromatic carbocycles. The summed E-state index contributed by atoms with van der Waals surface area (Å²) in [4.78, 5) is 19.5. The van der Waals surface area contributed by atoms with Crippen LogP contribution in [-0.2, 0) is 4.74 Å². The van der Waals surface area contributed by atoms with Gasteiger partial charge in [0.25, 0.3) is 5.91 Å². The number of carbonyl (C=O) groups is 1. The smallest absolute Gasteiger partial charge is 0.255 e. The van der Waals surface area contributed by atoms with E-state index in [0.717, 1.165) is 59.8 Å². The molecule has 5 aromatic rings. The van der Waals surface area contributed by atoms with Crippen LogP contribution in [0.5, 0.6) is 0 Å². The minimum absolute atomic E-state index is 0.176. The van der Waals surface area contributed by atoms with E-state index in [1.54, 1.807) is 6.07 Å². The van der Waals surface area contributed by atoms with Crippen LogP contribution < -0.4 is 10.2 Å². The van der Waals surface area contributed by atoms with E-state index >= 15 is 0 Å². The molecule has 0 saturated carbocycles. The molecule has 0 aliphatic carbocycles. The van der Waals surface area contributed by atoms with Gasteiger partial charge in [-0.1, -0.05) is 18.2 Å². The lowest BCUT2D eigenvalue weighted by molar-refractivity contribution is 0.102. The average molecular weight is 466 g/mol. The number of ether oxygens (including phenoxy) is 1. The number of H-pyrrole nitrogens is 1. The number of nitrogens with one attached hydrogen (secondary N) is 2. The van der Waals surface area contributed by atoms with Crippen molar-refractivity contribution < 1.29 is 9.53 Å². The lowest BCUT2D eigenvalue weighted by atomic mass is 10.1. The molecule has 9 heteroatoms. The Bertz CT molecular complexity index is 1470. The Labute approximate surface area is 201 Å². The first-order chi connectivity index (χ1) is 17.2. The Morgan fingerprint density at radius 3 is 2.63 bits per heavy atom. The summed E-state index contributed by atoms with van der Waals surface area (Å²) in [7, 11) is 0. The maximum atomic E-state index is 13.0. The van der Waals surface area contributed by atoms with Gasteiger partial charge in [-0.25, -0.2) is 9.67 Å². The maximum Gasteiger partial charge on any atom is 0.255 e. The Hall–Kier alpha value is -4.50. The molecule has 1 fully saturated rings. The quantitative estimate of drug-likeness (QED) is 0.408. The lowest BCUT2D eigenvalue weighted by Crippen LogP contribution is -2.36. The van der Waals surface area contributed by atoms with E-state index in [1.165, 1.54) is 6.33 Å². The molecule has 1 saturated heterocycles. The van der Waals surface area contributed by atoms with Crippen LogP contribution in [0.1, 0.15) is 10.4 Å². The molecule has 0 bridgehead atoms. The zero-order valence-corrected chi connectivity index (χ0v) is 18.9. The van der Waals surface area contributed by atoms with Crippen molar-refractivity contribution in [3.63, 3.8) is 0 Å². The summed E-state index contributed by atoms with van der Waals surface area (Å²) in [5, 5.41) is 15.4. The molecule has 1 amide bonds. The molecule has 9 nitrogen and oxygen atoms in total. The molecule has 35 heavy (non-hydrogen) atoms. The Morgan fingerprint density at radius 2 is 1.83 bits per heavy atom. The Morgan fingerprint density at radius 1 is 0.971 bits per heavy atom. The lowest BCUT2D eigenvalue weighted by Gasteiger charge is -2.28. The molecule has 1 aliphatic heterocycles. The first-order valence-corrected chi connectivity index (χ1v) is 11.4. The van der Waals surface area contributed by atoms with Crippen molar-refractivity contribution in [1.82, 2.24) is 25.0 Å². The standard InChI is InChI=1S/C26H23N7O2/c34-26(30-21-6-8-22(9-7-21)32-10-12-35-13-11-32)19-2-1-3-23(14-19)33-24-15-18(25-27-17-28-31-25)4-5-20(24)16-29-33/h1-9,14-17H,10-13H2,(H,30,34)(H,27,28,31). The Balaban J connectivity index is 1.23. The van der Waals surface area contributed by atoms with Crippen LogP contribution in [0.4, 0.5) is 11.4 Å². The number of hydrogen-bond acceptors (Lipinski definition) is 6. The fraction of sp³-hybridized carbons (Fsp3) is 0.154. The number of hydrogen-bond donors (Lipinski definition) is 2. The van der Waals surface area contributed by atoms with Crippen molar-refractivity contribution in [3.8, 4) is 17.1 Å². The number of fused-ring (bicyclic) bond motifs is 1.